The summed E-state index contributed by atoms with van der Waals surface area (Å²) in [6, 6.07) is 4.22. The van der Waals surface area contributed by atoms with Crippen molar-refractivity contribution in [3.05, 3.63) is 23.8 Å². The first-order valence-corrected chi connectivity index (χ1v) is 9.57. The zero-order valence-electron chi connectivity index (χ0n) is 15.0. The summed E-state index contributed by atoms with van der Waals surface area (Å²) in [6.45, 7) is 5.68. The van der Waals surface area contributed by atoms with Crippen LogP contribution in [0.15, 0.2) is 23.1 Å². The molecule has 0 saturated carbocycles. The Balaban J connectivity index is 2.61. The van der Waals surface area contributed by atoms with Gasteiger partial charge in [0.15, 0.2) is 0 Å². The number of benzene rings is 1. The maximum atomic E-state index is 11.9. The number of nitrogens with one attached hydrogen (secondary N) is 4. The van der Waals surface area contributed by atoms with Gasteiger partial charge in [-0.1, -0.05) is 13.0 Å². The van der Waals surface area contributed by atoms with Crippen LogP contribution in [0.25, 0.3) is 0 Å². The maximum Gasteiger partial charge on any atom is 0.319 e. The molecule has 0 unspecified atom stereocenters. The Kier molecular flexibility index (Phi) is 7.85. The number of sulfonamides is 1. The minimum absolute atomic E-state index is 0.0979. The van der Waals surface area contributed by atoms with Crippen LogP contribution >= 0.6 is 0 Å². The Morgan fingerprint density at radius 1 is 1.24 bits per heavy atom. The fourth-order valence-electron chi connectivity index (χ4n) is 2.06. The summed E-state index contributed by atoms with van der Waals surface area (Å²) in [7, 11) is -2.28. The molecule has 0 aliphatic rings. The van der Waals surface area contributed by atoms with Crippen molar-refractivity contribution in [2.24, 2.45) is 0 Å². The quantitative estimate of drug-likeness (QED) is 0.552. The monoisotopic (exact) mass is 370 g/mol. The second-order valence-electron chi connectivity index (χ2n) is 5.64. The van der Waals surface area contributed by atoms with Crippen molar-refractivity contribution in [3.63, 3.8) is 0 Å². The molecule has 1 aromatic carbocycles. The summed E-state index contributed by atoms with van der Waals surface area (Å²) in [5, 5.41) is 7.98. The van der Waals surface area contributed by atoms with Gasteiger partial charge in [-0.05, 0) is 45.0 Å². The predicted molar refractivity (Wildman–Crippen MR) is 97.0 cm³/mol. The van der Waals surface area contributed by atoms with Crippen LogP contribution in [0.4, 0.5) is 10.5 Å². The first kappa shape index (κ1) is 20.9. The van der Waals surface area contributed by atoms with E-state index in [1.165, 1.54) is 13.1 Å². The summed E-state index contributed by atoms with van der Waals surface area (Å²) in [5.74, 6) is -0.132. The van der Waals surface area contributed by atoms with Gasteiger partial charge in [0.1, 0.15) is 0 Å². The average Bonchev–Trinajstić information content (AvgIpc) is 2.56. The minimum atomic E-state index is -3.60. The van der Waals surface area contributed by atoms with Crippen LogP contribution in [0.1, 0.15) is 32.3 Å². The Hall–Kier alpha value is -2.13. The van der Waals surface area contributed by atoms with Gasteiger partial charge in [0.05, 0.1) is 4.90 Å². The third kappa shape index (κ3) is 6.35. The van der Waals surface area contributed by atoms with E-state index in [1.807, 2.05) is 13.8 Å². The second kappa shape index (κ2) is 9.38. The number of amides is 3. The highest BCUT2D eigenvalue weighted by atomic mass is 32.2. The van der Waals surface area contributed by atoms with Crippen molar-refractivity contribution in [3.8, 4) is 0 Å². The van der Waals surface area contributed by atoms with E-state index in [4.69, 9.17) is 0 Å². The first-order valence-electron chi connectivity index (χ1n) is 8.08. The van der Waals surface area contributed by atoms with E-state index in [0.29, 0.717) is 11.3 Å². The number of hydrogen-bond acceptors (Lipinski definition) is 4. The van der Waals surface area contributed by atoms with Gasteiger partial charge in [0.25, 0.3) is 0 Å². The highest BCUT2D eigenvalue weighted by Crippen LogP contribution is 2.22. The Morgan fingerprint density at radius 2 is 1.92 bits per heavy atom. The lowest BCUT2D eigenvalue weighted by molar-refractivity contribution is -0.121. The fourth-order valence-corrected chi connectivity index (χ4v) is 3.05. The SMILES string of the molecule is CC[C@H](C)NC(=O)CCNC(=O)Nc1cccc(S(=O)(=O)NC)c1C. The van der Waals surface area contributed by atoms with E-state index in [9.17, 15) is 18.0 Å². The van der Waals surface area contributed by atoms with Gasteiger partial charge in [0, 0.05) is 24.7 Å². The molecule has 0 spiro atoms. The van der Waals surface area contributed by atoms with Crippen molar-refractivity contribution in [2.75, 3.05) is 18.9 Å². The lowest BCUT2D eigenvalue weighted by atomic mass is 10.2. The molecule has 0 saturated heterocycles. The van der Waals surface area contributed by atoms with Crippen LogP contribution in [0.3, 0.4) is 0 Å². The largest absolute Gasteiger partial charge is 0.354 e. The molecular weight excluding hydrogens is 344 g/mol. The number of urea groups is 1. The van der Waals surface area contributed by atoms with Gasteiger partial charge in [0.2, 0.25) is 15.9 Å². The van der Waals surface area contributed by atoms with Crippen molar-refractivity contribution in [1.82, 2.24) is 15.4 Å². The molecule has 1 aromatic rings. The predicted octanol–water partition coefficient (Wildman–Crippen LogP) is 1.33. The van der Waals surface area contributed by atoms with E-state index < -0.39 is 16.1 Å². The topological polar surface area (TPSA) is 116 Å². The van der Waals surface area contributed by atoms with Crippen molar-refractivity contribution in [2.45, 2.75) is 44.6 Å². The van der Waals surface area contributed by atoms with Crippen molar-refractivity contribution < 1.29 is 18.0 Å². The fraction of sp³-hybridized carbons (Fsp3) is 0.500. The number of anilines is 1. The van der Waals surface area contributed by atoms with Crippen LogP contribution in [-0.2, 0) is 14.8 Å². The van der Waals surface area contributed by atoms with E-state index in [0.717, 1.165) is 6.42 Å². The van der Waals surface area contributed by atoms with Gasteiger partial charge in [-0.15, -0.1) is 0 Å². The first-order chi connectivity index (χ1) is 11.7. The number of carbonyl (C=O) groups is 2. The molecule has 8 nitrogen and oxygen atoms in total. The van der Waals surface area contributed by atoms with E-state index >= 15 is 0 Å². The lowest BCUT2D eigenvalue weighted by Crippen LogP contribution is -2.36. The molecule has 0 aliphatic carbocycles. The Bertz CT molecular complexity index is 719. The molecule has 1 rings (SSSR count). The van der Waals surface area contributed by atoms with Crippen LogP contribution in [0.5, 0.6) is 0 Å². The molecule has 140 valence electrons. The Labute approximate surface area is 148 Å². The van der Waals surface area contributed by atoms with Crippen LogP contribution in [-0.4, -0.2) is 40.0 Å². The molecule has 1 atom stereocenters. The smallest absolute Gasteiger partial charge is 0.319 e. The molecule has 0 aromatic heterocycles. The second-order valence-corrected chi connectivity index (χ2v) is 7.50. The highest BCUT2D eigenvalue weighted by molar-refractivity contribution is 7.89. The van der Waals surface area contributed by atoms with Crippen molar-refractivity contribution in [1.29, 1.82) is 0 Å². The van der Waals surface area contributed by atoms with Gasteiger partial charge in [-0.3, -0.25) is 4.79 Å². The van der Waals surface area contributed by atoms with Gasteiger partial charge >= 0.3 is 6.03 Å². The van der Waals surface area contributed by atoms with Gasteiger partial charge < -0.3 is 16.0 Å². The van der Waals surface area contributed by atoms with Gasteiger partial charge in [-0.2, -0.15) is 0 Å². The Morgan fingerprint density at radius 3 is 2.52 bits per heavy atom. The number of rotatable bonds is 8. The van der Waals surface area contributed by atoms with E-state index in [1.54, 1.807) is 19.1 Å². The molecule has 0 fully saturated rings. The van der Waals surface area contributed by atoms with Gasteiger partial charge in [-0.25, -0.2) is 17.9 Å². The third-order valence-electron chi connectivity index (χ3n) is 3.75. The molecular formula is C16H26N4O4S. The normalized spacial score (nSPS) is 12.3. The molecule has 0 bridgehead atoms. The maximum absolute atomic E-state index is 11.9. The molecule has 0 heterocycles. The molecule has 25 heavy (non-hydrogen) atoms. The summed E-state index contributed by atoms with van der Waals surface area (Å²) in [4.78, 5) is 23.7. The van der Waals surface area contributed by atoms with E-state index in [2.05, 4.69) is 20.7 Å². The molecule has 0 radical (unpaired) electrons. The standard InChI is InChI=1S/C16H26N4O4S/c1-5-11(2)19-15(21)9-10-18-16(22)20-13-7-6-8-14(12(13)3)25(23,24)17-4/h6-8,11,17H,5,9-10H2,1-4H3,(H,19,21)(H2,18,20,22)/t11-/m0/s1. The molecule has 3 amide bonds. The van der Waals surface area contributed by atoms with E-state index in [-0.39, 0.29) is 29.8 Å². The summed E-state index contributed by atoms with van der Waals surface area (Å²) in [5.41, 5.74) is 0.819. The van der Waals surface area contributed by atoms with Crippen LogP contribution in [0.2, 0.25) is 0 Å². The minimum Gasteiger partial charge on any atom is -0.354 e. The summed E-state index contributed by atoms with van der Waals surface area (Å²) >= 11 is 0. The summed E-state index contributed by atoms with van der Waals surface area (Å²) in [6.07, 6.45) is 1.01. The molecule has 4 N–H and O–H groups in total. The average molecular weight is 370 g/mol. The lowest BCUT2D eigenvalue weighted by Gasteiger charge is -2.14. The zero-order chi connectivity index (χ0) is 19.0. The summed E-state index contributed by atoms with van der Waals surface area (Å²) < 4.78 is 26.1. The van der Waals surface area contributed by atoms with Crippen molar-refractivity contribution >= 4 is 27.6 Å². The van der Waals surface area contributed by atoms with Crippen LogP contribution in [0, 0.1) is 6.92 Å². The highest BCUT2D eigenvalue weighted by Gasteiger charge is 2.17. The zero-order valence-corrected chi connectivity index (χ0v) is 15.8. The molecule has 9 heteroatoms. The van der Waals surface area contributed by atoms with Crippen LogP contribution < -0.4 is 20.7 Å². The molecule has 0 aliphatic heterocycles. The number of carbonyl (C=O) groups excluding carboxylic acids is 2. The third-order valence-corrected chi connectivity index (χ3v) is 5.31. The number of hydrogen-bond donors (Lipinski definition) is 4.